The molecule has 1 aromatic heterocycles. The molecule has 6 nitrogen and oxygen atoms in total. The zero-order valence-electron chi connectivity index (χ0n) is 17.1. The van der Waals surface area contributed by atoms with Crippen LogP contribution in [-0.4, -0.2) is 33.4 Å². The van der Waals surface area contributed by atoms with Crippen molar-refractivity contribution in [1.29, 1.82) is 0 Å². The van der Waals surface area contributed by atoms with Crippen molar-refractivity contribution in [1.82, 2.24) is 4.98 Å². The molecule has 3 aromatic carbocycles. The van der Waals surface area contributed by atoms with Crippen LogP contribution in [0.15, 0.2) is 65.7 Å². The summed E-state index contributed by atoms with van der Waals surface area (Å²) in [6.07, 6.45) is 1.32. The van der Waals surface area contributed by atoms with Crippen LogP contribution in [-0.2, 0) is 11.3 Å². The Morgan fingerprint density at radius 3 is 2.39 bits per heavy atom. The van der Waals surface area contributed by atoms with Gasteiger partial charge in [-0.3, -0.25) is 4.99 Å². The molecule has 1 unspecified atom stereocenters. The van der Waals surface area contributed by atoms with Gasteiger partial charge in [0.1, 0.15) is 17.4 Å². The van der Waals surface area contributed by atoms with Gasteiger partial charge in [0.25, 0.3) is 0 Å². The van der Waals surface area contributed by atoms with Crippen LogP contribution >= 0.6 is 0 Å². The normalized spacial score (nSPS) is 15.0. The van der Waals surface area contributed by atoms with E-state index in [-0.39, 0.29) is 12.3 Å². The molecule has 0 fully saturated rings. The number of hydrogen-bond donors (Lipinski definition) is 3. The fourth-order valence-electron chi connectivity index (χ4n) is 3.96. The maximum Gasteiger partial charge on any atom is 0.331 e. The number of carboxylic acids is 1. The Kier molecular flexibility index (Phi) is 4.97. The number of rotatable bonds is 3. The summed E-state index contributed by atoms with van der Waals surface area (Å²) in [5, 5.41) is 23.0. The van der Waals surface area contributed by atoms with Crippen LogP contribution in [0.4, 0.5) is 14.5 Å². The van der Waals surface area contributed by atoms with Crippen LogP contribution in [0.3, 0.4) is 0 Å². The van der Waals surface area contributed by atoms with E-state index in [9.17, 15) is 23.8 Å². The van der Waals surface area contributed by atoms with Gasteiger partial charge in [-0.25, -0.2) is 18.6 Å². The third-order valence-corrected chi connectivity index (χ3v) is 5.55. The lowest BCUT2D eigenvalue weighted by molar-refractivity contribution is -0.136. The second kappa shape index (κ2) is 7.98. The number of hydrogen-bond acceptors (Lipinski definition) is 5. The van der Waals surface area contributed by atoms with Gasteiger partial charge in [-0.05, 0) is 35.9 Å². The molecule has 2 heterocycles. The van der Waals surface area contributed by atoms with Crippen molar-refractivity contribution in [2.75, 3.05) is 5.32 Å². The van der Waals surface area contributed by atoms with Crippen molar-refractivity contribution in [3.05, 3.63) is 77.9 Å². The summed E-state index contributed by atoms with van der Waals surface area (Å²) >= 11 is 0. The average Bonchev–Trinajstić information content (AvgIpc) is 3.03. The highest BCUT2D eigenvalue weighted by Gasteiger charge is 2.24. The lowest BCUT2D eigenvalue weighted by atomic mass is 9.97. The number of fused-ring (bicyclic) bond motifs is 3. The molecule has 8 heteroatoms. The van der Waals surface area contributed by atoms with Crippen molar-refractivity contribution in [2.45, 2.75) is 12.6 Å². The Morgan fingerprint density at radius 2 is 1.67 bits per heavy atom. The molecule has 0 saturated heterocycles. The maximum absolute atomic E-state index is 14.0. The minimum atomic E-state index is -1.10. The van der Waals surface area contributed by atoms with E-state index < -0.39 is 23.6 Å². The average molecular weight is 445 g/mol. The van der Waals surface area contributed by atoms with Crippen LogP contribution < -0.4 is 5.32 Å². The molecule has 5 rings (SSSR count). The highest BCUT2D eigenvalue weighted by Crippen LogP contribution is 2.37. The summed E-state index contributed by atoms with van der Waals surface area (Å²) in [6.45, 7) is 0.168. The van der Waals surface area contributed by atoms with Crippen LogP contribution in [0, 0.1) is 11.6 Å². The summed E-state index contributed by atoms with van der Waals surface area (Å²) in [7, 11) is 0. The third-order valence-electron chi connectivity index (χ3n) is 5.55. The summed E-state index contributed by atoms with van der Waals surface area (Å²) in [4.78, 5) is 20.6. The first-order chi connectivity index (χ1) is 15.9. The molecule has 0 radical (unpaired) electrons. The van der Waals surface area contributed by atoms with Crippen LogP contribution in [0.5, 0.6) is 5.75 Å². The number of anilines is 1. The van der Waals surface area contributed by atoms with Crippen molar-refractivity contribution in [3.63, 3.8) is 0 Å². The number of aromatic nitrogens is 1. The van der Waals surface area contributed by atoms with Gasteiger partial charge >= 0.3 is 5.97 Å². The van der Waals surface area contributed by atoms with Gasteiger partial charge in [0.15, 0.2) is 6.04 Å². The number of benzene rings is 3. The van der Waals surface area contributed by atoms with Gasteiger partial charge in [0.2, 0.25) is 0 Å². The molecule has 1 aliphatic heterocycles. The summed E-state index contributed by atoms with van der Waals surface area (Å²) < 4.78 is 27.3. The topological polar surface area (TPSA) is 94.8 Å². The van der Waals surface area contributed by atoms with Gasteiger partial charge in [0.05, 0.1) is 23.4 Å². The van der Waals surface area contributed by atoms with Gasteiger partial charge in [-0.1, -0.05) is 24.3 Å². The number of pyridine rings is 1. The van der Waals surface area contributed by atoms with E-state index in [4.69, 9.17) is 4.98 Å². The molecule has 33 heavy (non-hydrogen) atoms. The number of phenolic OH excluding ortho intramolecular Hbond substituents is 1. The van der Waals surface area contributed by atoms with E-state index in [1.54, 1.807) is 30.3 Å². The Hall–Kier alpha value is -4.33. The summed E-state index contributed by atoms with van der Waals surface area (Å²) in [6, 6.07) is 14.1. The molecular weight excluding hydrogens is 428 g/mol. The molecule has 3 N–H and O–H groups in total. The van der Waals surface area contributed by atoms with E-state index in [1.165, 1.54) is 30.5 Å². The van der Waals surface area contributed by atoms with Crippen LogP contribution in [0.2, 0.25) is 0 Å². The molecule has 0 saturated carbocycles. The number of halogens is 2. The van der Waals surface area contributed by atoms with Gasteiger partial charge < -0.3 is 15.5 Å². The minimum absolute atomic E-state index is 0.166. The number of aromatic hydroxyl groups is 1. The van der Waals surface area contributed by atoms with E-state index in [2.05, 4.69) is 10.3 Å². The Balaban J connectivity index is 1.66. The smallest absolute Gasteiger partial charge is 0.331 e. The second-order valence-electron chi connectivity index (χ2n) is 7.66. The van der Waals surface area contributed by atoms with E-state index in [0.29, 0.717) is 39.0 Å². The number of carboxylic acid groups (broad SMARTS) is 1. The predicted molar refractivity (Wildman–Crippen MR) is 121 cm³/mol. The molecule has 1 atom stereocenters. The Bertz CT molecular complexity index is 1440. The van der Waals surface area contributed by atoms with E-state index in [0.717, 1.165) is 11.6 Å². The zero-order chi connectivity index (χ0) is 23.1. The first-order valence-electron chi connectivity index (χ1n) is 10.1. The molecule has 0 aliphatic carbocycles. The van der Waals surface area contributed by atoms with Crippen molar-refractivity contribution in [3.8, 4) is 28.1 Å². The Labute approximate surface area is 186 Å². The molecule has 1 aliphatic rings. The molecular formula is C25H17F2N3O3. The first kappa shape index (κ1) is 20.6. The summed E-state index contributed by atoms with van der Waals surface area (Å²) in [5.41, 5.74) is 4.10. The predicted octanol–water partition coefficient (Wildman–Crippen LogP) is 5.00. The number of phenols is 1. The molecule has 0 bridgehead atoms. The fourth-order valence-corrected chi connectivity index (χ4v) is 3.96. The summed E-state index contributed by atoms with van der Waals surface area (Å²) in [5.74, 6) is -2.25. The number of nitrogens with one attached hydrogen (secondary N) is 1. The molecule has 164 valence electrons. The quantitative estimate of drug-likeness (QED) is 0.413. The number of carbonyl (C=O) groups is 1. The number of nitrogens with zero attached hydrogens (tertiary/aromatic N) is 2. The first-order valence-corrected chi connectivity index (χ1v) is 10.1. The SMILES string of the molecule is O=C(O)C1C=NCc2c(-c3ccc(-c4ccc(F)cc4O)cc3)nc3ccc(F)cc3c2N1. The van der Waals surface area contributed by atoms with Crippen molar-refractivity contribution < 1.29 is 23.8 Å². The lowest BCUT2D eigenvalue weighted by Gasteiger charge is -2.18. The molecule has 0 spiro atoms. The monoisotopic (exact) mass is 445 g/mol. The van der Waals surface area contributed by atoms with Gasteiger partial charge in [-0.2, -0.15) is 0 Å². The van der Waals surface area contributed by atoms with Crippen LogP contribution in [0.25, 0.3) is 33.3 Å². The van der Waals surface area contributed by atoms with Gasteiger partial charge in [-0.15, -0.1) is 0 Å². The second-order valence-corrected chi connectivity index (χ2v) is 7.66. The number of aliphatic carboxylic acids is 1. The molecule has 0 amide bonds. The largest absolute Gasteiger partial charge is 0.507 e. The van der Waals surface area contributed by atoms with Crippen molar-refractivity contribution in [2.24, 2.45) is 4.99 Å². The maximum atomic E-state index is 14.0. The fraction of sp³-hybridized carbons (Fsp3) is 0.0800. The Morgan fingerprint density at radius 1 is 0.970 bits per heavy atom. The lowest BCUT2D eigenvalue weighted by Crippen LogP contribution is -2.30. The molecule has 4 aromatic rings. The van der Waals surface area contributed by atoms with E-state index >= 15 is 0 Å². The number of aliphatic imine (C=N–C) groups is 1. The minimum Gasteiger partial charge on any atom is -0.507 e. The third kappa shape index (κ3) is 3.76. The van der Waals surface area contributed by atoms with Crippen LogP contribution in [0.1, 0.15) is 5.56 Å². The standard InChI is InChI=1S/C25H17F2N3O3/c26-15-6-8-20-18(9-15)24-19(11-28-12-21(30-24)25(32)33)23(29-20)14-3-1-13(2-4-14)17-7-5-16(27)10-22(17)31/h1-10,12,21,30-31H,11H2,(H,32,33). The zero-order valence-corrected chi connectivity index (χ0v) is 17.1. The highest BCUT2D eigenvalue weighted by molar-refractivity contribution is 6.03. The van der Waals surface area contributed by atoms with Crippen molar-refractivity contribution >= 4 is 28.8 Å². The van der Waals surface area contributed by atoms with E-state index in [1.807, 2.05) is 0 Å². The van der Waals surface area contributed by atoms with Gasteiger partial charge in [0, 0.05) is 34.4 Å². The highest BCUT2D eigenvalue weighted by atomic mass is 19.1.